The molecule has 0 unspecified atom stereocenters. The number of para-hydroxylation sites is 1. The molecule has 0 fully saturated rings. The van der Waals surface area contributed by atoms with Crippen LogP contribution in [0.3, 0.4) is 0 Å². The number of benzene rings is 1. The molecule has 0 N–H and O–H groups in total. The van der Waals surface area contributed by atoms with Crippen LogP contribution < -0.4 is 4.74 Å². The van der Waals surface area contributed by atoms with Gasteiger partial charge in [0.2, 0.25) is 5.88 Å². The van der Waals surface area contributed by atoms with Crippen molar-refractivity contribution >= 4 is 10.9 Å². The molecule has 0 bridgehead atoms. The largest absolute Gasteiger partial charge is 0.438 e. The highest BCUT2D eigenvalue weighted by atomic mass is 16.5. The van der Waals surface area contributed by atoms with E-state index in [1.165, 1.54) is 0 Å². The van der Waals surface area contributed by atoms with Crippen molar-refractivity contribution in [2.24, 2.45) is 0 Å². The molecule has 0 radical (unpaired) electrons. The second-order valence-corrected chi connectivity index (χ2v) is 3.97. The number of nitrogens with zero attached hydrogens (tertiary/aromatic N) is 2. The minimum atomic E-state index is 0.643. The molecule has 1 aliphatic rings. The van der Waals surface area contributed by atoms with Gasteiger partial charge in [0, 0.05) is 23.5 Å². The van der Waals surface area contributed by atoms with Gasteiger partial charge in [-0.25, -0.2) is 4.98 Å². The second kappa shape index (κ2) is 3.04. The summed E-state index contributed by atoms with van der Waals surface area (Å²) in [6.07, 6.45) is 3.55. The van der Waals surface area contributed by atoms with Crippen LogP contribution in [-0.2, 0) is 0 Å². The number of hydrogen-bond acceptors (Lipinski definition) is 3. The van der Waals surface area contributed by atoms with Crippen LogP contribution in [0.25, 0.3) is 22.0 Å². The third-order valence-corrected chi connectivity index (χ3v) is 3.00. The summed E-state index contributed by atoms with van der Waals surface area (Å²) < 4.78 is 5.80. The van der Waals surface area contributed by atoms with E-state index in [1.807, 2.05) is 36.5 Å². The Balaban J connectivity index is 2.22. The quantitative estimate of drug-likeness (QED) is 0.455. The van der Waals surface area contributed by atoms with Gasteiger partial charge in [-0.15, -0.1) is 0 Å². The number of ether oxygens (including phenoxy) is 1. The molecule has 0 amide bonds. The predicted octanol–water partition coefficient (Wildman–Crippen LogP) is 3.40. The van der Waals surface area contributed by atoms with Crippen molar-refractivity contribution < 1.29 is 4.74 Å². The average molecular weight is 220 g/mol. The Morgan fingerprint density at radius 1 is 0.824 bits per heavy atom. The lowest BCUT2D eigenvalue weighted by atomic mass is 9.99. The van der Waals surface area contributed by atoms with E-state index < -0.39 is 0 Å². The zero-order valence-electron chi connectivity index (χ0n) is 8.92. The molecule has 0 saturated carbocycles. The monoisotopic (exact) mass is 220 g/mol. The van der Waals surface area contributed by atoms with Crippen LogP contribution in [0, 0.1) is 0 Å². The molecule has 4 rings (SSSR count). The van der Waals surface area contributed by atoms with Crippen molar-refractivity contribution in [1.29, 1.82) is 0 Å². The molecule has 0 saturated heterocycles. The molecule has 17 heavy (non-hydrogen) atoms. The van der Waals surface area contributed by atoms with E-state index in [1.54, 1.807) is 6.20 Å². The maximum atomic E-state index is 5.80. The molecule has 1 aliphatic heterocycles. The van der Waals surface area contributed by atoms with Crippen molar-refractivity contribution in [2.75, 3.05) is 0 Å². The standard InChI is InChI=1S/C14H8N2O/c1-2-4-12-9(3-1)10-5-7-15-11-6-8-16-14(17-12)13(10)11/h1-8H. The van der Waals surface area contributed by atoms with E-state index in [0.717, 1.165) is 27.8 Å². The SMILES string of the molecule is c1ccc2c(c1)Oc1nccc3nccc-2c13. The summed E-state index contributed by atoms with van der Waals surface area (Å²) >= 11 is 0. The Kier molecular flexibility index (Phi) is 1.56. The molecule has 1 aromatic carbocycles. The summed E-state index contributed by atoms with van der Waals surface area (Å²) in [7, 11) is 0. The number of aromatic nitrogens is 2. The molecule has 3 aromatic rings. The van der Waals surface area contributed by atoms with Crippen molar-refractivity contribution in [1.82, 2.24) is 9.97 Å². The molecule has 3 nitrogen and oxygen atoms in total. The van der Waals surface area contributed by atoms with E-state index in [0.29, 0.717) is 5.88 Å². The van der Waals surface area contributed by atoms with Crippen LogP contribution in [0.4, 0.5) is 0 Å². The molecule has 0 spiro atoms. The van der Waals surface area contributed by atoms with Gasteiger partial charge in [-0.05, 0) is 18.2 Å². The van der Waals surface area contributed by atoms with Crippen LogP contribution in [0.2, 0.25) is 0 Å². The molecule has 0 aliphatic carbocycles. The molecule has 3 heterocycles. The van der Waals surface area contributed by atoms with Crippen LogP contribution >= 0.6 is 0 Å². The van der Waals surface area contributed by atoms with Crippen LogP contribution in [0.1, 0.15) is 0 Å². The lowest BCUT2D eigenvalue weighted by Crippen LogP contribution is -1.99. The molecule has 0 atom stereocenters. The minimum Gasteiger partial charge on any atom is -0.438 e. The maximum Gasteiger partial charge on any atom is 0.229 e. The first-order valence-electron chi connectivity index (χ1n) is 5.44. The van der Waals surface area contributed by atoms with Crippen molar-refractivity contribution in [3.8, 4) is 22.8 Å². The first-order chi connectivity index (χ1) is 8.43. The zero-order chi connectivity index (χ0) is 11.2. The van der Waals surface area contributed by atoms with Gasteiger partial charge >= 0.3 is 0 Å². The Labute approximate surface area is 97.7 Å². The fourth-order valence-electron chi connectivity index (χ4n) is 2.25. The number of rotatable bonds is 0. The molecular formula is C14H8N2O. The summed E-state index contributed by atoms with van der Waals surface area (Å²) in [5, 5.41) is 0.994. The maximum absolute atomic E-state index is 5.80. The van der Waals surface area contributed by atoms with Crippen molar-refractivity contribution in [3.63, 3.8) is 0 Å². The topological polar surface area (TPSA) is 35.0 Å². The van der Waals surface area contributed by atoms with Crippen LogP contribution in [0.5, 0.6) is 11.6 Å². The van der Waals surface area contributed by atoms with Crippen molar-refractivity contribution in [3.05, 3.63) is 48.8 Å². The lowest BCUT2D eigenvalue weighted by Gasteiger charge is -2.19. The Morgan fingerprint density at radius 3 is 2.71 bits per heavy atom. The molecule has 3 heteroatoms. The average Bonchev–Trinajstić information content (AvgIpc) is 2.39. The lowest BCUT2D eigenvalue weighted by molar-refractivity contribution is 0.467. The first kappa shape index (κ1) is 8.70. The highest BCUT2D eigenvalue weighted by Crippen LogP contribution is 2.44. The summed E-state index contributed by atoms with van der Waals surface area (Å²) in [6.45, 7) is 0. The fraction of sp³-hybridized carbons (Fsp3) is 0. The normalized spacial score (nSPS) is 12.0. The van der Waals surface area contributed by atoms with Gasteiger partial charge in [0.05, 0.1) is 10.9 Å². The van der Waals surface area contributed by atoms with Gasteiger partial charge in [-0.2, -0.15) is 0 Å². The van der Waals surface area contributed by atoms with Gasteiger partial charge in [0.1, 0.15) is 5.75 Å². The smallest absolute Gasteiger partial charge is 0.229 e. The Bertz CT molecular complexity index is 732. The highest BCUT2D eigenvalue weighted by Gasteiger charge is 2.20. The number of pyridine rings is 2. The van der Waals surface area contributed by atoms with E-state index >= 15 is 0 Å². The zero-order valence-corrected chi connectivity index (χ0v) is 8.92. The third kappa shape index (κ3) is 1.11. The van der Waals surface area contributed by atoms with Gasteiger partial charge in [0.25, 0.3) is 0 Å². The van der Waals surface area contributed by atoms with Crippen molar-refractivity contribution in [2.45, 2.75) is 0 Å². The fourth-order valence-corrected chi connectivity index (χ4v) is 2.25. The predicted molar refractivity (Wildman–Crippen MR) is 65.0 cm³/mol. The van der Waals surface area contributed by atoms with Crippen LogP contribution in [0.15, 0.2) is 48.8 Å². The van der Waals surface area contributed by atoms with E-state index in [-0.39, 0.29) is 0 Å². The number of fused-ring (bicyclic) bond motifs is 2. The van der Waals surface area contributed by atoms with E-state index in [2.05, 4.69) is 16.0 Å². The van der Waals surface area contributed by atoms with Crippen LogP contribution in [-0.4, -0.2) is 9.97 Å². The highest BCUT2D eigenvalue weighted by molar-refractivity contribution is 6.00. The summed E-state index contributed by atoms with van der Waals surface area (Å²) in [4.78, 5) is 8.61. The molecular weight excluding hydrogens is 212 g/mol. The molecule has 80 valence electrons. The summed E-state index contributed by atoms with van der Waals surface area (Å²) in [6, 6.07) is 11.9. The second-order valence-electron chi connectivity index (χ2n) is 3.97. The van der Waals surface area contributed by atoms with Gasteiger partial charge in [0.15, 0.2) is 0 Å². The Morgan fingerprint density at radius 2 is 1.71 bits per heavy atom. The van der Waals surface area contributed by atoms with Gasteiger partial charge in [-0.1, -0.05) is 18.2 Å². The van der Waals surface area contributed by atoms with Gasteiger partial charge in [-0.3, -0.25) is 4.98 Å². The van der Waals surface area contributed by atoms with Gasteiger partial charge < -0.3 is 4.74 Å². The van der Waals surface area contributed by atoms with E-state index in [4.69, 9.17) is 4.74 Å². The van der Waals surface area contributed by atoms with E-state index in [9.17, 15) is 0 Å². The third-order valence-electron chi connectivity index (χ3n) is 3.00. The summed E-state index contributed by atoms with van der Waals surface area (Å²) in [5.74, 6) is 1.50. The number of hydrogen-bond donors (Lipinski definition) is 0. The molecule has 2 aromatic heterocycles. The first-order valence-corrected chi connectivity index (χ1v) is 5.44. The minimum absolute atomic E-state index is 0.643. The summed E-state index contributed by atoms with van der Waals surface area (Å²) in [5.41, 5.74) is 3.15. The Hall–Kier alpha value is -2.42.